The van der Waals surface area contributed by atoms with Crippen molar-refractivity contribution in [2.75, 3.05) is 0 Å². The van der Waals surface area contributed by atoms with Crippen molar-refractivity contribution in [3.8, 4) is 11.8 Å². The van der Waals surface area contributed by atoms with E-state index in [1.54, 1.807) is 0 Å². The van der Waals surface area contributed by atoms with Crippen molar-refractivity contribution >= 4 is 17.8 Å². The van der Waals surface area contributed by atoms with Crippen molar-refractivity contribution in [1.29, 1.82) is 0 Å². The van der Waals surface area contributed by atoms with Crippen LogP contribution in [0.4, 0.5) is 0 Å². The average Bonchev–Trinajstić information content (AvgIpc) is 2.94. The minimum absolute atomic E-state index is 0.136. The summed E-state index contributed by atoms with van der Waals surface area (Å²) in [6, 6.07) is 0. The Balaban J connectivity index is 1.60. The Morgan fingerprint density at radius 3 is 2.11 bits per heavy atom. The van der Waals surface area contributed by atoms with Gasteiger partial charge in [-0.1, -0.05) is 0 Å². The molecule has 1 unspecified atom stereocenters. The summed E-state index contributed by atoms with van der Waals surface area (Å²) in [5.41, 5.74) is 0. The summed E-state index contributed by atoms with van der Waals surface area (Å²) in [5.74, 6) is 5.34. The van der Waals surface area contributed by atoms with Gasteiger partial charge in [-0.15, -0.1) is 16.9 Å². The van der Waals surface area contributed by atoms with Crippen LogP contribution in [0.25, 0.3) is 0 Å². The molecule has 1 saturated heterocycles. The normalized spacial score (nSPS) is 32.8. The summed E-state index contributed by atoms with van der Waals surface area (Å²) >= 11 is 0. The van der Waals surface area contributed by atoms with Crippen molar-refractivity contribution in [1.82, 2.24) is 5.06 Å². The number of hydrogen-bond donors (Lipinski definition) is 0. The first kappa shape index (κ1) is 12.2. The molecule has 100 valence electrons. The highest BCUT2D eigenvalue weighted by atomic mass is 16.7. The van der Waals surface area contributed by atoms with Gasteiger partial charge in [-0.2, -0.15) is 0 Å². The van der Waals surface area contributed by atoms with Crippen molar-refractivity contribution in [2.45, 2.75) is 38.5 Å². The molecule has 1 aliphatic heterocycles. The number of carbonyl (C=O) groups is 3. The van der Waals surface area contributed by atoms with Crippen LogP contribution in [0.5, 0.6) is 0 Å². The van der Waals surface area contributed by atoms with Crippen LogP contribution in [0.15, 0.2) is 0 Å². The summed E-state index contributed by atoms with van der Waals surface area (Å²) in [6.07, 6.45) is 3.70. The highest BCUT2D eigenvalue weighted by Gasteiger charge is 2.55. The Morgan fingerprint density at radius 2 is 1.58 bits per heavy atom. The number of rotatable bonds is 2. The maximum Gasteiger partial charge on any atom is 0.336 e. The van der Waals surface area contributed by atoms with Gasteiger partial charge in [0, 0.05) is 25.7 Å². The Kier molecular flexibility index (Phi) is 3.02. The van der Waals surface area contributed by atoms with E-state index in [4.69, 9.17) is 4.84 Å². The number of hydrogen-bond acceptors (Lipinski definition) is 4. The van der Waals surface area contributed by atoms with Crippen LogP contribution in [0.2, 0.25) is 0 Å². The molecule has 2 amide bonds. The van der Waals surface area contributed by atoms with E-state index in [0.717, 1.165) is 25.7 Å². The van der Waals surface area contributed by atoms with E-state index >= 15 is 0 Å². The maximum absolute atomic E-state index is 12.0. The Morgan fingerprint density at radius 1 is 1.05 bits per heavy atom. The molecule has 0 radical (unpaired) electrons. The highest BCUT2D eigenvalue weighted by Crippen LogP contribution is 2.53. The number of carbonyl (C=O) groups excluding carboxylic acids is 3. The maximum atomic E-state index is 12.0. The zero-order valence-corrected chi connectivity index (χ0v) is 10.6. The highest BCUT2D eigenvalue weighted by molar-refractivity contribution is 6.01. The molecule has 0 aromatic heterocycles. The predicted molar refractivity (Wildman–Crippen MR) is 63.9 cm³/mol. The van der Waals surface area contributed by atoms with Crippen LogP contribution in [0.3, 0.4) is 0 Å². The third-order valence-electron chi connectivity index (χ3n) is 4.12. The SMILES string of the molecule is O=C(ON1C(=O)CCC1=O)C1[C@H]2CCC#CCC[C@@H]12. The van der Waals surface area contributed by atoms with Crippen LogP contribution in [0, 0.1) is 29.6 Å². The summed E-state index contributed by atoms with van der Waals surface area (Å²) in [6.45, 7) is 0. The van der Waals surface area contributed by atoms with Gasteiger partial charge in [0.05, 0.1) is 5.92 Å². The van der Waals surface area contributed by atoms with Gasteiger partial charge in [0.1, 0.15) is 0 Å². The van der Waals surface area contributed by atoms with E-state index in [-0.39, 0.29) is 18.8 Å². The number of imide groups is 1. The fraction of sp³-hybridized carbons (Fsp3) is 0.643. The van der Waals surface area contributed by atoms with Gasteiger partial charge in [0.15, 0.2) is 0 Å². The Labute approximate surface area is 111 Å². The number of hydroxylamine groups is 2. The monoisotopic (exact) mass is 261 g/mol. The number of amides is 2. The molecule has 3 rings (SSSR count). The van der Waals surface area contributed by atoms with Crippen molar-refractivity contribution in [3.63, 3.8) is 0 Å². The fourth-order valence-corrected chi connectivity index (χ4v) is 3.04. The topological polar surface area (TPSA) is 63.7 Å². The second-order valence-electron chi connectivity index (χ2n) is 5.28. The first-order chi connectivity index (χ1) is 9.18. The van der Waals surface area contributed by atoms with Gasteiger partial charge in [0.2, 0.25) is 0 Å². The lowest BCUT2D eigenvalue weighted by molar-refractivity contribution is -0.199. The van der Waals surface area contributed by atoms with Gasteiger partial charge < -0.3 is 4.84 Å². The molecule has 3 aliphatic rings. The van der Waals surface area contributed by atoms with Crippen LogP contribution in [0.1, 0.15) is 38.5 Å². The molecule has 2 aliphatic carbocycles. The zero-order valence-electron chi connectivity index (χ0n) is 10.6. The molecule has 1 saturated carbocycles. The first-order valence-corrected chi connectivity index (χ1v) is 6.72. The smallest absolute Gasteiger partial charge is 0.330 e. The molecule has 2 fully saturated rings. The van der Waals surface area contributed by atoms with Gasteiger partial charge in [-0.05, 0) is 24.7 Å². The number of nitrogens with zero attached hydrogens (tertiary/aromatic N) is 1. The lowest BCUT2D eigenvalue weighted by Crippen LogP contribution is -2.33. The van der Waals surface area contributed by atoms with E-state index in [0.29, 0.717) is 16.9 Å². The van der Waals surface area contributed by atoms with E-state index in [9.17, 15) is 14.4 Å². The molecule has 0 bridgehead atoms. The quantitative estimate of drug-likeness (QED) is 0.550. The van der Waals surface area contributed by atoms with E-state index in [1.807, 2.05) is 0 Å². The lowest BCUT2D eigenvalue weighted by Gasteiger charge is -2.12. The molecule has 0 aromatic rings. The lowest BCUT2D eigenvalue weighted by atomic mass is 10.1. The molecule has 1 heterocycles. The fourth-order valence-electron chi connectivity index (χ4n) is 3.04. The molecular formula is C14H15NO4. The van der Waals surface area contributed by atoms with Gasteiger partial charge in [0.25, 0.3) is 11.8 Å². The van der Waals surface area contributed by atoms with Crippen molar-refractivity contribution in [3.05, 3.63) is 0 Å². The molecule has 19 heavy (non-hydrogen) atoms. The van der Waals surface area contributed by atoms with Crippen LogP contribution < -0.4 is 0 Å². The Bertz CT molecular complexity index is 467. The molecule has 3 atom stereocenters. The molecule has 0 N–H and O–H groups in total. The van der Waals surface area contributed by atoms with Crippen LogP contribution in [-0.4, -0.2) is 22.8 Å². The Hall–Kier alpha value is -1.83. The van der Waals surface area contributed by atoms with Gasteiger partial charge >= 0.3 is 5.97 Å². The third kappa shape index (κ3) is 2.23. The number of fused-ring (bicyclic) bond motifs is 1. The van der Waals surface area contributed by atoms with Gasteiger partial charge in [-0.25, -0.2) is 4.79 Å². The summed E-state index contributed by atoms with van der Waals surface area (Å²) in [7, 11) is 0. The zero-order chi connectivity index (χ0) is 13.4. The third-order valence-corrected chi connectivity index (χ3v) is 4.12. The molecule has 0 spiro atoms. The molecule has 0 aromatic carbocycles. The molecule has 5 nitrogen and oxygen atoms in total. The second kappa shape index (κ2) is 4.69. The van der Waals surface area contributed by atoms with E-state index in [2.05, 4.69) is 11.8 Å². The molecular weight excluding hydrogens is 246 g/mol. The largest absolute Gasteiger partial charge is 0.336 e. The van der Waals surface area contributed by atoms with Crippen LogP contribution in [-0.2, 0) is 19.2 Å². The second-order valence-corrected chi connectivity index (χ2v) is 5.28. The van der Waals surface area contributed by atoms with Crippen molar-refractivity contribution in [2.24, 2.45) is 17.8 Å². The first-order valence-electron chi connectivity index (χ1n) is 6.72. The average molecular weight is 261 g/mol. The van der Waals surface area contributed by atoms with Crippen LogP contribution >= 0.6 is 0 Å². The van der Waals surface area contributed by atoms with E-state index in [1.165, 1.54) is 0 Å². The van der Waals surface area contributed by atoms with E-state index < -0.39 is 17.8 Å². The summed E-state index contributed by atoms with van der Waals surface area (Å²) in [5, 5.41) is 0.644. The minimum Gasteiger partial charge on any atom is -0.330 e. The predicted octanol–water partition coefficient (Wildman–Crippen LogP) is 1.03. The summed E-state index contributed by atoms with van der Waals surface area (Å²) < 4.78 is 0. The van der Waals surface area contributed by atoms with Crippen molar-refractivity contribution < 1.29 is 19.2 Å². The summed E-state index contributed by atoms with van der Waals surface area (Å²) in [4.78, 5) is 39.8. The standard InChI is InChI=1S/C14H15NO4/c16-11-7-8-12(17)15(11)19-14(18)13-9-5-3-1-2-4-6-10(9)13/h9-10,13H,3-8H2/t9-,10+,13?. The minimum atomic E-state index is -0.430. The van der Waals surface area contributed by atoms with Gasteiger partial charge in [-0.3, -0.25) is 9.59 Å². The molecule has 5 heteroatoms.